The zero-order chi connectivity index (χ0) is 12.8. The molecule has 0 aromatic carbocycles. The van der Waals surface area contributed by atoms with Crippen molar-refractivity contribution in [2.75, 3.05) is 18.5 Å². The number of nitrogens with one attached hydrogen (secondary N) is 1. The fourth-order valence-electron chi connectivity index (χ4n) is 2.65. The maximum Gasteiger partial charge on any atom is 0.225 e. The third kappa shape index (κ3) is 3.42. The molecule has 1 heterocycles. The summed E-state index contributed by atoms with van der Waals surface area (Å²) in [5.41, 5.74) is 0. The first-order valence-electron chi connectivity index (χ1n) is 7.04. The molecule has 0 unspecified atom stereocenters. The molecule has 1 saturated carbocycles. The van der Waals surface area contributed by atoms with Gasteiger partial charge < -0.3 is 10.2 Å². The molecule has 18 heavy (non-hydrogen) atoms. The molecule has 0 radical (unpaired) electrons. The third-order valence-electron chi connectivity index (χ3n) is 3.80. The monoisotopic (exact) mass is 248 g/mol. The fraction of sp³-hybridized carbons (Fsp3) is 0.714. The highest BCUT2D eigenvalue weighted by molar-refractivity contribution is 5.28. The average molecular weight is 248 g/mol. The molecular weight excluding hydrogens is 224 g/mol. The van der Waals surface area contributed by atoms with E-state index in [9.17, 15) is 0 Å². The molecule has 2 rings (SSSR count). The summed E-state index contributed by atoms with van der Waals surface area (Å²) in [7, 11) is 2.11. The zero-order valence-electron chi connectivity index (χ0n) is 11.5. The van der Waals surface area contributed by atoms with Crippen molar-refractivity contribution in [2.45, 2.75) is 51.1 Å². The van der Waals surface area contributed by atoms with Crippen molar-refractivity contribution in [1.29, 1.82) is 0 Å². The van der Waals surface area contributed by atoms with Crippen LogP contribution in [0.3, 0.4) is 0 Å². The summed E-state index contributed by atoms with van der Waals surface area (Å²) in [6.45, 7) is 3.37. The van der Waals surface area contributed by atoms with E-state index in [0.717, 1.165) is 12.5 Å². The van der Waals surface area contributed by atoms with Crippen molar-refractivity contribution < 1.29 is 0 Å². The first-order valence-corrected chi connectivity index (χ1v) is 7.04. The quantitative estimate of drug-likeness (QED) is 0.867. The number of aromatic nitrogens is 2. The minimum Gasteiger partial charge on any atom is -0.341 e. The van der Waals surface area contributed by atoms with Crippen LogP contribution in [0.25, 0.3) is 0 Å². The second-order valence-corrected chi connectivity index (χ2v) is 5.12. The lowest BCUT2D eigenvalue weighted by Gasteiger charge is -2.35. The number of hydrogen-bond acceptors (Lipinski definition) is 4. The van der Waals surface area contributed by atoms with Gasteiger partial charge in [0, 0.05) is 31.5 Å². The summed E-state index contributed by atoms with van der Waals surface area (Å²) in [6, 6.07) is 3.17. The summed E-state index contributed by atoms with van der Waals surface area (Å²) in [5, 5.41) is 3.62. The minimum absolute atomic E-state index is 0.590. The summed E-state index contributed by atoms with van der Waals surface area (Å²) in [5.74, 6) is 0.850. The van der Waals surface area contributed by atoms with Gasteiger partial charge in [0.15, 0.2) is 0 Å². The number of nitrogens with zero attached hydrogens (tertiary/aromatic N) is 3. The standard InChI is InChI=1S/C14H24N4/c1-3-9-15-12-5-7-13(8-6-12)18(2)14-16-10-4-11-17-14/h4,10-13,15H,3,5-9H2,1-2H3. The number of anilines is 1. The number of rotatable bonds is 5. The maximum atomic E-state index is 4.32. The van der Waals surface area contributed by atoms with Gasteiger partial charge in [-0.15, -0.1) is 0 Å². The van der Waals surface area contributed by atoms with Crippen LogP contribution in [0.2, 0.25) is 0 Å². The topological polar surface area (TPSA) is 41.0 Å². The van der Waals surface area contributed by atoms with Crippen molar-refractivity contribution in [3.05, 3.63) is 18.5 Å². The largest absolute Gasteiger partial charge is 0.341 e. The molecule has 0 spiro atoms. The van der Waals surface area contributed by atoms with Crippen LogP contribution in [0.15, 0.2) is 18.5 Å². The Balaban J connectivity index is 1.82. The first-order chi connectivity index (χ1) is 8.81. The highest BCUT2D eigenvalue weighted by atomic mass is 15.2. The van der Waals surface area contributed by atoms with Crippen LogP contribution in [0.4, 0.5) is 5.95 Å². The Morgan fingerprint density at radius 1 is 1.22 bits per heavy atom. The Morgan fingerprint density at radius 3 is 2.50 bits per heavy atom. The average Bonchev–Trinajstić information content (AvgIpc) is 2.46. The number of hydrogen-bond donors (Lipinski definition) is 1. The minimum atomic E-state index is 0.590. The first kappa shape index (κ1) is 13.3. The Kier molecular flexibility index (Phi) is 4.93. The van der Waals surface area contributed by atoms with E-state index in [-0.39, 0.29) is 0 Å². The van der Waals surface area contributed by atoms with E-state index < -0.39 is 0 Å². The lowest BCUT2D eigenvalue weighted by Crippen LogP contribution is -2.41. The third-order valence-corrected chi connectivity index (χ3v) is 3.80. The molecule has 100 valence electrons. The van der Waals surface area contributed by atoms with E-state index in [0.29, 0.717) is 12.1 Å². The van der Waals surface area contributed by atoms with Gasteiger partial charge in [0.2, 0.25) is 5.95 Å². The van der Waals surface area contributed by atoms with Crippen molar-refractivity contribution >= 4 is 5.95 Å². The van der Waals surface area contributed by atoms with Crippen LogP contribution in [0.5, 0.6) is 0 Å². The van der Waals surface area contributed by atoms with E-state index in [2.05, 4.69) is 34.2 Å². The predicted molar refractivity (Wildman–Crippen MR) is 74.8 cm³/mol. The molecular formula is C14H24N4. The summed E-state index contributed by atoms with van der Waals surface area (Å²) >= 11 is 0. The van der Waals surface area contributed by atoms with Gasteiger partial charge in [-0.2, -0.15) is 0 Å². The van der Waals surface area contributed by atoms with E-state index in [1.165, 1.54) is 32.1 Å². The molecule has 1 fully saturated rings. The predicted octanol–water partition coefficient (Wildman–Crippen LogP) is 2.22. The second kappa shape index (κ2) is 6.69. The van der Waals surface area contributed by atoms with Crippen LogP contribution < -0.4 is 10.2 Å². The maximum absolute atomic E-state index is 4.32. The molecule has 1 aliphatic carbocycles. The Hall–Kier alpha value is -1.16. The molecule has 1 aromatic heterocycles. The van der Waals surface area contributed by atoms with Gasteiger partial charge in [-0.3, -0.25) is 0 Å². The van der Waals surface area contributed by atoms with Crippen LogP contribution >= 0.6 is 0 Å². The second-order valence-electron chi connectivity index (χ2n) is 5.12. The molecule has 1 aromatic rings. The summed E-state index contributed by atoms with van der Waals surface area (Å²) in [4.78, 5) is 10.9. The highest BCUT2D eigenvalue weighted by Crippen LogP contribution is 2.24. The Morgan fingerprint density at radius 2 is 1.89 bits per heavy atom. The lowest BCUT2D eigenvalue weighted by molar-refractivity contribution is 0.336. The van der Waals surface area contributed by atoms with E-state index >= 15 is 0 Å². The van der Waals surface area contributed by atoms with Crippen LogP contribution in [-0.2, 0) is 0 Å². The molecule has 0 saturated heterocycles. The SMILES string of the molecule is CCCNC1CCC(N(C)c2ncccn2)CC1. The fourth-order valence-corrected chi connectivity index (χ4v) is 2.65. The highest BCUT2D eigenvalue weighted by Gasteiger charge is 2.24. The van der Waals surface area contributed by atoms with Gasteiger partial charge >= 0.3 is 0 Å². The summed E-state index contributed by atoms with van der Waals surface area (Å²) in [6.07, 6.45) is 9.84. The van der Waals surface area contributed by atoms with Crippen molar-refractivity contribution in [2.24, 2.45) is 0 Å². The van der Waals surface area contributed by atoms with Crippen molar-refractivity contribution in [3.63, 3.8) is 0 Å². The van der Waals surface area contributed by atoms with E-state index in [1.807, 2.05) is 18.5 Å². The normalized spacial score (nSPS) is 23.9. The van der Waals surface area contributed by atoms with Crippen LogP contribution in [0, 0.1) is 0 Å². The summed E-state index contributed by atoms with van der Waals surface area (Å²) < 4.78 is 0. The molecule has 0 amide bonds. The van der Waals surface area contributed by atoms with Crippen molar-refractivity contribution in [3.8, 4) is 0 Å². The van der Waals surface area contributed by atoms with Crippen molar-refractivity contribution in [1.82, 2.24) is 15.3 Å². The van der Waals surface area contributed by atoms with Gasteiger partial charge in [-0.05, 0) is 44.7 Å². The van der Waals surface area contributed by atoms with Gasteiger partial charge in [0.1, 0.15) is 0 Å². The van der Waals surface area contributed by atoms with Crippen LogP contribution in [0.1, 0.15) is 39.0 Å². The van der Waals surface area contributed by atoms with Gasteiger partial charge in [0.25, 0.3) is 0 Å². The molecule has 0 atom stereocenters. The zero-order valence-corrected chi connectivity index (χ0v) is 11.5. The molecule has 4 nitrogen and oxygen atoms in total. The lowest BCUT2D eigenvalue weighted by atomic mass is 9.90. The van der Waals surface area contributed by atoms with Gasteiger partial charge in [-0.25, -0.2) is 9.97 Å². The Labute approximate surface area is 110 Å². The van der Waals surface area contributed by atoms with Crippen LogP contribution in [-0.4, -0.2) is 35.6 Å². The van der Waals surface area contributed by atoms with E-state index in [1.54, 1.807) is 0 Å². The molecule has 0 bridgehead atoms. The smallest absolute Gasteiger partial charge is 0.225 e. The molecule has 1 aliphatic rings. The van der Waals surface area contributed by atoms with Gasteiger partial charge in [-0.1, -0.05) is 6.92 Å². The van der Waals surface area contributed by atoms with Gasteiger partial charge in [0.05, 0.1) is 0 Å². The molecule has 1 N–H and O–H groups in total. The molecule has 0 aliphatic heterocycles. The molecule has 4 heteroatoms. The van der Waals surface area contributed by atoms with E-state index in [4.69, 9.17) is 0 Å². The Bertz CT molecular complexity index is 333.